The zero-order valence-electron chi connectivity index (χ0n) is 17.1. The van der Waals surface area contributed by atoms with Crippen molar-refractivity contribution in [1.29, 1.82) is 0 Å². The van der Waals surface area contributed by atoms with E-state index in [0.29, 0.717) is 18.5 Å². The SMILES string of the molecule is CCCNC(=O)CN=C(NCC)NCC(C(C)C)N1CCCCCC1.I. The smallest absolute Gasteiger partial charge is 0.241 e. The number of amides is 1. The van der Waals surface area contributed by atoms with E-state index in [4.69, 9.17) is 0 Å². The number of hydrogen-bond acceptors (Lipinski definition) is 3. The molecule has 1 amide bonds. The zero-order valence-corrected chi connectivity index (χ0v) is 19.5. The number of aliphatic imine (C=N–C) groups is 1. The lowest BCUT2D eigenvalue weighted by molar-refractivity contribution is -0.119. The van der Waals surface area contributed by atoms with E-state index >= 15 is 0 Å². The number of carbonyl (C=O) groups is 1. The van der Waals surface area contributed by atoms with Crippen molar-refractivity contribution in [2.75, 3.05) is 39.3 Å². The van der Waals surface area contributed by atoms with E-state index < -0.39 is 0 Å². The largest absolute Gasteiger partial charge is 0.357 e. The molecule has 1 atom stereocenters. The van der Waals surface area contributed by atoms with Gasteiger partial charge in [-0.05, 0) is 45.2 Å². The van der Waals surface area contributed by atoms with Crippen LogP contribution in [0.15, 0.2) is 4.99 Å². The predicted octanol–water partition coefficient (Wildman–Crippen LogP) is 2.59. The molecule has 1 saturated heterocycles. The Morgan fingerprint density at radius 3 is 2.23 bits per heavy atom. The van der Waals surface area contributed by atoms with Gasteiger partial charge in [0.05, 0.1) is 0 Å². The van der Waals surface area contributed by atoms with Gasteiger partial charge >= 0.3 is 0 Å². The van der Waals surface area contributed by atoms with Crippen LogP contribution in [0, 0.1) is 5.92 Å². The van der Waals surface area contributed by atoms with Crippen LogP contribution in [0.1, 0.15) is 59.8 Å². The molecule has 0 aromatic carbocycles. The number of guanidine groups is 1. The Kier molecular flexibility index (Phi) is 15.1. The van der Waals surface area contributed by atoms with Crippen molar-refractivity contribution < 1.29 is 4.79 Å². The maximum Gasteiger partial charge on any atom is 0.241 e. The second kappa shape index (κ2) is 15.5. The van der Waals surface area contributed by atoms with Crippen LogP contribution < -0.4 is 16.0 Å². The highest BCUT2D eigenvalue weighted by molar-refractivity contribution is 14.0. The minimum atomic E-state index is -0.0213. The molecule has 154 valence electrons. The highest BCUT2D eigenvalue weighted by atomic mass is 127. The summed E-state index contributed by atoms with van der Waals surface area (Å²) in [6.45, 7) is 13.6. The standard InChI is InChI=1S/C19H39N5O.HI/c1-5-11-21-18(25)15-23-19(20-6-2)22-14-17(16(3)4)24-12-9-7-8-10-13-24;/h16-17H,5-15H2,1-4H3,(H,21,25)(H2,20,22,23);1H. The Morgan fingerprint density at radius 1 is 1.04 bits per heavy atom. The summed E-state index contributed by atoms with van der Waals surface area (Å²) in [6, 6.07) is 0.496. The van der Waals surface area contributed by atoms with E-state index in [1.54, 1.807) is 0 Å². The summed E-state index contributed by atoms with van der Waals surface area (Å²) in [6.07, 6.45) is 6.25. The maximum atomic E-state index is 11.8. The third kappa shape index (κ3) is 10.5. The molecule has 0 saturated carbocycles. The first-order valence-corrected chi connectivity index (χ1v) is 10.1. The monoisotopic (exact) mass is 481 g/mol. The average molecular weight is 481 g/mol. The molecule has 0 spiro atoms. The molecule has 0 bridgehead atoms. The molecular weight excluding hydrogens is 441 g/mol. The second-order valence-corrected chi connectivity index (χ2v) is 7.19. The fourth-order valence-corrected chi connectivity index (χ4v) is 3.23. The fraction of sp³-hybridized carbons (Fsp3) is 0.895. The second-order valence-electron chi connectivity index (χ2n) is 7.19. The van der Waals surface area contributed by atoms with Crippen LogP contribution in [-0.2, 0) is 4.79 Å². The van der Waals surface area contributed by atoms with Crippen molar-refractivity contribution in [3.63, 3.8) is 0 Å². The number of nitrogens with one attached hydrogen (secondary N) is 3. The van der Waals surface area contributed by atoms with Gasteiger partial charge in [-0.1, -0.05) is 33.6 Å². The summed E-state index contributed by atoms with van der Waals surface area (Å²) in [4.78, 5) is 18.8. The summed E-state index contributed by atoms with van der Waals surface area (Å²) < 4.78 is 0. The van der Waals surface area contributed by atoms with Crippen LogP contribution in [0.3, 0.4) is 0 Å². The third-order valence-corrected chi connectivity index (χ3v) is 4.66. The highest BCUT2D eigenvalue weighted by Crippen LogP contribution is 2.17. The topological polar surface area (TPSA) is 68.8 Å². The van der Waals surface area contributed by atoms with Gasteiger partial charge in [-0.3, -0.25) is 9.69 Å². The summed E-state index contributed by atoms with van der Waals surface area (Å²) in [5, 5.41) is 9.55. The van der Waals surface area contributed by atoms with Gasteiger partial charge in [0.15, 0.2) is 5.96 Å². The Bertz CT molecular complexity index is 395. The van der Waals surface area contributed by atoms with E-state index in [1.807, 2.05) is 13.8 Å². The van der Waals surface area contributed by atoms with Gasteiger partial charge in [0.25, 0.3) is 0 Å². The first-order valence-electron chi connectivity index (χ1n) is 10.1. The Hall–Kier alpha value is -0.570. The van der Waals surface area contributed by atoms with E-state index in [0.717, 1.165) is 25.5 Å². The molecule has 1 heterocycles. The van der Waals surface area contributed by atoms with Crippen LogP contribution in [0.25, 0.3) is 0 Å². The number of hydrogen-bond donors (Lipinski definition) is 3. The molecule has 1 rings (SSSR count). The summed E-state index contributed by atoms with van der Waals surface area (Å²) in [5.74, 6) is 1.29. The van der Waals surface area contributed by atoms with Gasteiger partial charge < -0.3 is 16.0 Å². The fourth-order valence-electron chi connectivity index (χ4n) is 3.23. The van der Waals surface area contributed by atoms with Crippen molar-refractivity contribution in [2.45, 2.75) is 65.8 Å². The summed E-state index contributed by atoms with van der Waals surface area (Å²) >= 11 is 0. The average Bonchev–Trinajstić information content (AvgIpc) is 2.87. The first kappa shape index (κ1) is 25.4. The van der Waals surface area contributed by atoms with Crippen molar-refractivity contribution in [3.8, 4) is 0 Å². The Labute approximate surface area is 177 Å². The number of nitrogens with zero attached hydrogens (tertiary/aromatic N) is 2. The summed E-state index contributed by atoms with van der Waals surface area (Å²) in [5.41, 5.74) is 0. The van der Waals surface area contributed by atoms with Crippen LogP contribution in [0.2, 0.25) is 0 Å². The number of carbonyl (C=O) groups excluding carboxylic acids is 1. The number of likely N-dealkylation sites (tertiary alicyclic amines) is 1. The van der Waals surface area contributed by atoms with Gasteiger partial charge in [-0.25, -0.2) is 4.99 Å². The van der Waals surface area contributed by atoms with Gasteiger partial charge in [-0.2, -0.15) is 0 Å². The van der Waals surface area contributed by atoms with Crippen molar-refractivity contribution in [1.82, 2.24) is 20.9 Å². The molecule has 0 aliphatic carbocycles. The molecule has 0 aromatic rings. The minimum absolute atomic E-state index is 0. The van der Waals surface area contributed by atoms with Crippen LogP contribution >= 0.6 is 24.0 Å². The van der Waals surface area contributed by atoms with Gasteiger partial charge in [0.2, 0.25) is 5.91 Å². The third-order valence-electron chi connectivity index (χ3n) is 4.66. The molecule has 0 radical (unpaired) electrons. The molecule has 0 aromatic heterocycles. The zero-order chi connectivity index (χ0) is 18.5. The van der Waals surface area contributed by atoms with E-state index in [2.05, 4.69) is 39.7 Å². The van der Waals surface area contributed by atoms with Crippen LogP contribution in [0.4, 0.5) is 0 Å². The molecule has 6 nitrogen and oxygen atoms in total. The van der Waals surface area contributed by atoms with Crippen LogP contribution in [-0.4, -0.2) is 62.1 Å². The lowest BCUT2D eigenvalue weighted by atomic mass is 10.0. The highest BCUT2D eigenvalue weighted by Gasteiger charge is 2.22. The van der Waals surface area contributed by atoms with Gasteiger partial charge in [0.1, 0.15) is 6.54 Å². The lowest BCUT2D eigenvalue weighted by Gasteiger charge is -2.34. The number of rotatable bonds is 9. The summed E-state index contributed by atoms with van der Waals surface area (Å²) in [7, 11) is 0. The lowest BCUT2D eigenvalue weighted by Crippen LogP contribution is -2.50. The normalized spacial score (nSPS) is 17.2. The Balaban J connectivity index is 0.00000625. The molecule has 1 unspecified atom stereocenters. The van der Waals surface area contributed by atoms with Gasteiger partial charge in [-0.15, -0.1) is 24.0 Å². The number of halogens is 1. The molecule has 1 fully saturated rings. The first-order chi connectivity index (χ1) is 12.1. The molecule has 7 heteroatoms. The van der Waals surface area contributed by atoms with Crippen molar-refractivity contribution in [2.24, 2.45) is 10.9 Å². The predicted molar refractivity (Wildman–Crippen MR) is 121 cm³/mol. The molecule has 1 aliphatic heterocycles. The molecule has 1 aliphatic rings. The van der Waals surface area contributed by atoms with E-state index in [1.165, 1.54) is 38.8 Å². The molecule has 3 N–H and O–H groups in total. The maximum absolute atomic E-state index is 11.8. The van der Waals surface area contributed by atoms with Crippen molar-refractivity contribution >= 4 is 35.8 Å². The van der Waals surface area contributed by atoms with Gasteiger partial charge in [0, 0.05) is 25.7 Å². The van der Waals surface area contributed by atoms with E-state index in [-0.39, 0.29) is 36.4 Å². The minimum Gasteiger partial charge on any atom is -0.357 e. The van der Waals surface area contributed by atoms with Crippen LogP contribution in [0.5, 0.6) is 0 Å². The van der Waals surface area contributed by atoms with Crippen molar-refractivity contribution in [3.05, 3.63) is 0 Å². The quantitative estimate of drug-likeness (QED) is 0.269. The molecular formula is C19H40IN5O. The molecule has 26 heavy (non-hydrogen) atoms. The Morgan fingerprint density at radius 2 is 1.69 bits per heavy atom. The van der Waals surface area contributed by atoms with E-state index in [9.17, 15) is 4.79 Å².